The van der Waals surface area contributed by atoms with E-state index in [1.165, 1.54) is 33.4 Å². The van der Waals surface area contributed by atoms with Crippen LogP contribution in [0, 0.1) is 0 Å². The number of piperidine rings is 1. The van der Waals surface area contributed by atoms with Crippen molar-refractivity contribution in [1.29, 1.82) is 0 Å². The van der Waals surface area contributed by atoms with Crippen molar-refractivity contribution in [3.05, 3.63) is 76.4 Å². The zero-order chi connectivity index (χ0) is 17.9. The van der Waals surface area contributed by atoms with Gasteiger partial charge >= 0.3 is 5.97 Å². The first-order valence-corrected chi connectivity index (χ1v) is 9.55. The van der Waals surface area contributed by atoms with Crippen LogP contribution in [0.15, 0.2) is 54.1 Å². The minimum atomic E-state index is -0.708. The standard InChI is InChI=1S/C23H25NO2/c25-22(26)13-16-24-14-11-19(12-15-24)23-20-7-3-1-5-17(20)9-10-18-6-2-4-8-21(18)23/h1-8H,9-16H2,(H,25,26). The average Bonchev–Trinajstić information content (AvgIpc) is 2.84. The molecule has 1 aliphatic carbocycles. The second-order valence-corrected chi connectivity index (χ2v) is 7.28. The first-order chi connectivity index (χ1) is 12.7. The number of fused-ring (bicyclic) bond motifs is 2. The summed E-state index contributed by atoms with van der Waals surface area (Å²) in [5.41, 5.74) is 8.64. The number of rotatable bonds is 3. The predicted molar refractivity (Wildman–Crippen MR) is 104 cm³/mol. The Morgan fingerprint density at radius 2 is 1.38 bits per heavy atom. The zero-order valence-corrected chi connectivity index (χ0v) is 15.1. The molecule has 3 nitrogen and oxygen atoms in total. The summed E-state index contributed by atoms with van der Waals surface area (Å²) in [5.74, 6) is -0.708. The summed E-state index contributed by atoms with van der Waals surface area (Å²) in [5, 5.41) is 8.91. The molecule has 2 aromatic rings. The van der Waals surface area contributed by atoms with E-state index in [0.717, 1.165) is 38.8 Å². The molecular formula is C23H25NO2. The van der Waals surface area contributed by atoms with Gasteiger partial charge in [-0.1, -0.05) is 54.1 Å². The summed E-state index contributed by atoms with van der Waals surface area (Å²) >= 11 is 0. The van der Waals surface area contributed by atoms with E-state index in [1.54, 1.807) is 0 Å². The molecule has 4 rings (SSSR count). The Bertz CT molecular complexity index is 793. The number of carbonyl (C=O) groups is 1. The van der Waals surface area contributed by atoms with E-state index in [-0.39, 0.29) is 6.42 Å². The quantitative estimate of drug-likeness (QED) is 0.906. The van der Waals surface area contributed by atoms with Gasteiger partial charge in [0.15, 0.2) is 0 Å². The number of hydrogen-bond acceptors (Lipinski definition) is 2. The summed E-state index contributed by atoms with van der Waals surface area (Å²) in [6, 6.07) is 17.7. The topological polar surface area (TPSA) is 40.5 Å². The van der Waals surface area contributed by atoms with Crippen molar-refractivity contribution in [3.8, 4) is 0 Å². The van der Waals surface area contributed by atoms with E-state index >= 15 is 0 Å². The molecule has 0 atom stereocenters. The fourth-order valence-corrected chi connectivity index (χ4v) is 4.31. The predicted octanol–water partition coefficient (Wildman–Crippen LogP) is 4.16. The van der Waals surface area contributed by atoms with Crippen LogP contribution < -0.4 is 0 Å². The van der Waals surface area contributed by atoms with Crippen molar-refractivity contribution in [2.24, 2.45) is 0 Å². The highest BCUT2D eigenvalue weighted by atomic mass is 16.4. The van der Waals surface area contributed by atoms with E-state index < -0.39 is 5.97 Å². The van der Waals surface area contributed by atoms with Crippen LogP contribution in [0.25, 0.3) is 5.57 Å². The molecule has 134 valence electrons. The number of likely N-dealkylation sites (tertiary alicyclic amines) is 1. The molecule has 0 unspecified atom stereocenters. The smallest absolute Gasteiger partial charge is 0.304 e. The van der Waals surface area contributed by atoms with Crippen molar-refractivity contribution >= 4 is 11.5 Å². The third-order valence-electron chi connectivity index (χ3n) is 5.69. The van der Waals surface area contributed by atoms with E-state index in [9.17, 15) is 4.79 Å². The fourth-order valence-electron chi connectivity index (χ4n) is 4.31. The minimum absolute atomic E-state index is 0.234. The average molecular weight is 347 g/mol. The van der Waals surface area contributed by atoms with Gasteiger partial charge < -0.3 is 10.0 Å². The fraction of sp³-hybridized carbons (Fsp3) is 0.348. The lowest BCUT2D eigenvalue weighted by molar-refractivity contribution is -0.137. The summed E-state index contributed by atoms with van der Waals surface area (Å²) in [6.07, 6.45) is 4.47. The molecule has 26 heavy (non-hydrogen) atoms. The zero-order valence-electron chi connectivity index (χ0n) is 15.1. The maximum atomic E-state index is 10.8. The first-order valence-electron chi connectivity index (χ1n) is 9.55. The number of hydrogen-bond donors (Lipinski definition) is 1. The Balaban J connectivity index is 1.69. The highest BCUT2D eigenvalue weighted by molar-refractivity contribution is 5.86. The third-order valence-corrected chi connectivity index (χ3v) is 5.69. The second-order valence-electron chi connectivity index (χ2n) is 7.28. The van der Waals surface area contributed by atoms with Crippen molar-refractivity contribution < 1.29 is 9.90 Å². The normalized spacial score (nSPS) is 17.4. The molecule has 1 saturated heterocycles. The van der Waals surface area contributed by atoms with Crippen molar-refractivity contribution in [3.63, 3.8) is 0 Å². The molecule has 1 N–H and O–H groups in total. The lowest BCUT2D eigenvalue weighted by Crippen LogP contribution is -2.33. The largest absolute Gasteiger partial charge is 0.481 e. The van der Waals surface area contributed by atoms with Gasteiger partial charge in [0.05, 0.1) is 6.42 Å². The molecule has 1 fully saturated rings. The number of aryl methyl sites for hydroxylation is 2. The van der Waals surface area contributed by atoms with Crippen LogP contribution in [0.2, 0.25) is 0 Å². The highest BCUT2D eigenvalue weighted by Crippen LogP contribution is 2.38. The first kappa shape index (κ1) is 17.0. The van der Waals surface area contributed by atoms with Crippen LogP contribution in [0.5, 0.6) is 0 Å². The Kier molecular flexibility index (Phi) is 4.89. The molecule has 0 spiro atoms. The van der Waals surface area contributed by atoms with E-state index in [4.69, 9.17) is 5.11 Å². The Labute approximate surface area is 155 Å². The van der Waals surface area contributed by atoms with Gasteiger partial charge in [0.1, 0.15) is 0 Å². The number of aliphatic carboxylic acids is 1. The Hall–Kier alpha value is -2.39. The highest BCUT2D eigenvalue weighted by Gasteiger charge is 2.23. The Morgan fingerprint density at radius 1 is 0.846 bits per heavy atom. The van der Waals surface area contributed by atoms with Crippen LogP contribution >= 0.6 is 0 Å². The molecule has 2 aromatic carbocycles. The van der Waals surface area contributed by atoms with E-state index in [2.05, 4.69) is 53.4 Å². The third kappa shape index (κ3) is 3.45. The monoisotopic (exact) mass is 347 g/mol. The number of carboxylic acids is 1. The lowest BCUT2D eigenvalue weighted by Gasteiger charge is -2.30. The summed E-state index contributed by atoms with van der Waals surface area (Å²) in [6.45, 7) is 2.57. The van der Waals surface area contributed by atoms with E-state index in [0.29, 0.717) is 6.54 Å². The number of nitrogens with zero attached hydrogens (tertiary/aromatic N) is 1. The lowest BCUT2D eigenvalue weighted by atomic mass is 9.86. The van der Waals surface area contributed by atoms with Gasteiger partial charge in [-0.15, -0.1) is 0 Å². The molecule has 0 bridgehead atoms. The van der Waals surface area contributed by atoms with Gasteiger partial charge in [0.2, 0.25) is 0 Å². The number of benzene rings is 2. The van der Waals surface area contributed by atoms with Gasteiger partial charge in [-0.05, 0) is 53.5 Å². The molecule has 1 aliphatic heterocycles. The van der Waals surface area contributed by atoms with Gasteiger partial charge in [0.25, 0.3) is 0 Å². The summed E-state index contributed by atoms with van der Waals surface area (Å²) < 4.78 is 0. The van der Waals surface area contributed by atoms with Crippen molar-refractivity contribution in [2.75, 3.05) is 19.6 Å². The molecule has 0 saturated carbocycles. The summed E-state index contributed by atoms with van der Waals surface area (Å²) in [7, 11) is 0. The Morgan fingerprint density at radius 3 is 1.92 bits per heavy atom. The van der Waals surface area contributed by atoms with Crippen LogP contribution in [-0.4, -0.2) is 35.6 Å². The molecular weight excluding hydrogens is 322 g/mol. The van der Waals surface area contributed by atoms with Crippen LogP contribution in [0.4, 0.5) is 0 Å². The van der Waals surface area contributed by atoms with Crippen LogP contribution in [0.1, 0.15) is 41.5 Å². The van der Waals surface area contributed by atoms with Gasteiger partial charge in [-0.25, -0.2) is 0 Å². The van der Waals surface area contributed by atoms with Crippen LogP contribution in [0.3, 0.4) is 0 Å². The van der Waals surface area contributed by atoms with Crippen molar-refractivity contribution in [2.45, 2.75) is 32.1 Å². The molecule has 2 aliphatic rings. The maximum Gasteiger partial charge on any atom is 0.304 e. The van der Waals surface area contributed by atoms with Gasteiger partial charge in [-0.2, -0.15) is 0 Å². The summed E-state index contributed by atoms with van der Waals surface area (Å²) in [4.78, 5) is 13.1. The second kappa shape index (κ2) is 7.46. The molecule has 3 heteroatoms. The van der Waals surface area contributed by atoms with Crippen molar-refractivity contribution in [1.82, 2.24) is 4.90 Å². The molecule has 0 aromatic heterocycles. The molecule has 0 radical (unpaired) electrons. The maximum absolute atomic E-state index is 10.8. The SMILES string of the molecule is O=C(O)CCN1CCC(=C2c3ccccc3CCc3ccccc32)CC1. The molecule has 0 amide bonds. The number of carboxylic acid groups (broad SMARTS) is 1. The van der Waals surface area contributed by atoms with Crippen LogP contribution in [-0.2, 0) is 17.6 Å². The van der Waals surface area contributed by atoms with Gasteiger partial charge in [0, 0.05) is 19.6 Å². The minimum Gasteiger partial charge on any atom is -0.481 e. The van der Waals surface area contributed by atoms with E-state index in [1.807, 2.05) is 0 Å². The molecule has 1 heterocycles. The van der Waals surface area contributed by atoms with Gasteiger partial charge in [-0.3, -0.25) is 4.79 Å².